The molecule has 0 radical (unpaired) electrons. The Bertz CT molecular complexity index is 132. The third-order valence-corrected chi connectivity index (χ3v) is 2.08. The highest BCUT2D eigenvalue weighted by Gasteiger charge is 2.27. The van der Waals surface area contributed by atoms with Gasteiger partial charge in [-0.15, -0.1) is 0 Å². The minimum atomic E-state index is -1.03. The van der Waals surface area contributed by atoms with E-state index in [1.54, 1.807) is 0 Å². The Labute approximate surface area is 65.4 Å². The second-order valence-corrected chi connectivity index (χ2v) is 2.99. The lowest BCUT2D eigenvalue weighted by Gasteiger charge is -2.33. The van der Waals surface area contributed by atoms with Gasteiger partial charge in [-0.2, -0.15) is 0 Å². The minimum Gasteiger partial charge on any atom is -0.390 e. The smallest absolute Gasteiger partial charge is 0.150 e. The lowest BCUT2D eigenvalue weighted by atomic mass is 10.1. The van der Waals surface area contributed by atoms with Crippen LogP contribution in [0, 0.1) is 0 Å². The summed E-state index contributed by atoms with van der Waals surface area (Å²) in [5, 5.41) is 18.2. The number of rotatable bonds is 1. The first-order valence-corrected chi connectivity index (χ1v) is 3.85. The molecule has 3 unspecified atom stereocenters. The molecule has 66 valence electrons. The second kappa shape index (κ2) is 3.47. The average molecular weight is 163 g/mol. The van der Waals surface area contributed by atoms with E-state index in [0.717, 1.165) is 0 Å². The van der Waals surface area contributed by atoms with Crippen molar-refractivity contribution in [3.63, 3.8) is 0 Å². The van der Waals surface area contributed by atoms with E-state index in [9.17, 15) is 4.39 Å². The molecule has 1 aliphatic heterocycles. The van der Waals surface area contributed by atoms with Crippen molar-refractivity contribution in [1.29, 1.82) is 0 Å². The molecule has 0 aromatic carbocycles. The maximum atomic E-state index is 12.6. The molecule has 1 heterocycles. The topological polar surface area (TPSA) is 43.7 Å². The predicted octanol–water partition coefficient (Wildman–Crippen LogP) is -0.271. The normalized spacial score (nSPS) is 37.1. The zero-order valence-electron chi connectivity index (χ0n) is 6.57. The van der Waals surface area contributed by atoms with E-state index in [0.29, 0.717) is 13.0 Å². The molecule has 1 aliphatic rings. The SMILES string of the molecule is CC(F)N1CCC(O)C(O)C1. The van der Waals surface area contributed by atoms with E-state index >= 15 is 0 Å². The van der Waals surface area contributed by atoms with Crippen LogP contribution in [0.4, 0.5) is 4.39 Å². The number of alkyl halides is 1. The van der Waals surface area contributed by atoms with Crippen LogP contribution in [0.5, 0.6) is 0 Å². The standard InChI is InChI=1S/C7H14FNO2/c1-5(8)9-3-2-6(10)7(11)4-9/h5-7,10-11H,2-4H2,1H3. The van der Waals surface area contributed by atoms with Crippen molar-refractivity contribution in [2.24, 2.45) is 0 Å². The molecule has 3 nitrogen and oxygen atoms in total. The summed E-state index contributed by atoms with van der Waals surface area (Å²) in [6.07, 6.45) is -2.04. The summed E-state index contributed by atoms with van der Waals surface area (Å²) in [4.78, 5) is 1.51. The largest absolute Gasteiger partial charge is 0.390 e. The first-order valence-electron chi connectivity index (χ1n) is 3.85. The van der Waals surface area contributed by atoms with Crippen LogP contribution in [0.2, 0.25) is 0 Å². The van der Waals surface area contributed by atoms with Gasteiger partial charge in [-0.3, -0.25) is 4.90 Å². The van der Waals surface area contributed by atoms with Crippen molar-refractivity contribution in [2.45, 2.75) is 31.8 Å². The third kappa shape index (κ3) is 2.12. The summed E-state index contributed by atoms with van der Waals surface area (Å²) >= 11 is 0. The van der Waals surface area contributed by atoms with Crippen molar-refractivity contribution in [3.05, 3.63) is 0 Å². The van der Waals surface area contributed by atoms with Gasteiger partial charge in [0, 0.05) is 13.1 Å². The van der Waals surface area contributed by atoms with Gasteiger partial charge in [0.2, 0.25) is 0 Å². The van der Waals surface area contributed by atoms with Gasteiger partial charge in [-0.25, -0.2) is 4.39 Å². The highest BCUT2D eigenvalue weighted by Crippen LogP contribution is 2.13. The van der Waals surface area contributed by atoms with E-state index < -0.39 is 18.5 Å². The summed E-state index contributed by atoms with van der Waals surface area (Å²) in [5.74, 6) is 0. The highest BCUT2D eigenvalue weighted by atomic mass is 19.1. The zero-order valence-corrected chi connectivity index (χ0v) is 6.57. The number of hydrogen-bond donors (Lipinski definition) is 2. The molecule has 11 heavy (non-hydrogen) atoms. The Morgan fingerprint density at radius 3 is 2.55 bits per heavy atom. The van der Waals surface area contributed by atoms with E-state index in [4.69, 9.17) is 10.2 Å². The van der Waals surface area contributed by atoms with Crippen molar-refractivity contribution < 1.29 is 14.6 Å². The molecule has 0 spiro atoms. The van der Waals surface area contributed by atoms with Gasteiger partial charge in [0.05, 0.1) is 12.2 Å². The van der Waals surface area contributed by atoms with Crippen LogP contribution in [0.3, 0.4) is 0 Å². The lowest BCUT2D eigenvalue weighted by Crippen LogP contribution is -2.48. The molecule has 0 aliphatic carbocycles. The molecule has 2 N–H and O–H groups in total. The lowest BCUT2D eigenvalue weighted by molar-refractivity contribution is -0.0646. The van der Waals surface area contributed by atoms with Crippen LogP contribution in [0.25, 0.3) is 0 Å². The Hall–Kier alpha value is -0.190. The summed E-state index contributed by atoms with van der Waals surface area (Å²) in [5.41, 5.74) is 0. The highest BCUT2D eigenvalue weighted by molar-refractivity contribution is 4.79. The van der Waals surface area contributed by atoms with Crippen molar-refractivity contribution >= 4 is 0 Å². The number of piperidine rings is 1. The van der Waals surface area contributed by atoms with E-state index in [1.807, 2.05) is 0 Å². The number of aliphatic hydroxyl groups excluding tert-OH is 2. The molecule has 1 fully saturated rings. The molecular formula is C7H14FNO2. The van der Waals surface area contributed by atoms with Gasteiger partial charge < -0.3 is 10.2 Å². The van der Waals surface area contributed by atoms with Gasteiger partial charge in [0.15, 0.2) is 6.30 Å². The summed E-state index contributed by atoms with van der Waals surface area (Å²) in [6, 6.07) is 0. The number of hydrogen-bond acceptors (Lipinski definition) is 3. The van der Waals surface area contributed by atoms with Crippen LogP contribution < -0.4 is 0 Å². The summed E-state index contributed by atoms with van der Waals surface area (Å²) in [6.45, 7) is 2.19. The Kier molecular flexibility index (Phi) is 2.81. The Morgan fingerprint density at radius 1 is 1.45 bits per heavy atom. The minimum absolute atomic E-state index is 0.235. The number of likely N-dealkylation sites (tertiary alicyclic amines) is 1. The Morgan fingerprint density at radius 2 is 2.09 bits per heavy atom. The number of β-amino-alcohol motifs (C(OH)–C–C–N with tert-alkyl or cyclic N) is 1. The fourth-order valence-electron chi connectivity index (χ4n) is 1.27. The number of nitrogens with zero attached hydrogens (tertiary/aromatic N) is 1. The maximum Gasteiger partial charge on any atom is 0.150 e. The average Bonchev–Trinajstić information content (AvgIpc) is 1.94. The summed E-state index contributed by atoms with van der Waals surface area (Å²) < 4.78 is 12.6. The van der Waals surface area contributed by atoms with E-state index in [1.165, 1.54) is 11.8 Å². The number of halogens is 1. The first-order chi connectivity index (χ1) is 5.11. The fraction of sp³-hybridized carbons (Fsp3) is 1.00. The van der Waals surface area contributed by atoms with Crippen LogP contribution in [-0.2, 0) is 0 Å². The van der Waals surface area contributed by atoms with Crippen molar-refractivity contribution in [2.75, 3.05) is 13.1 Å². The third-order valence-electron chi connectivity index (χ3n) is 2.08. The van der Waals surface area contributed by atoms with Gasteiger partial charge in [-0.1, -0.05) is 0 Å². The first kappa shape index (κ1) is 8.90. The molecule has 3 atom stereocenters. The van der Waals surface area contributed by atoms with Crippen LogP contribution in [-0.4, -0.2) is 46.7 Å². The molecule has 0 bridgehead atoms. The molecule has 0 aromatic rings. The molecular weight excluding hydrogens is 149 g/mol. The van der Waals surface area contributed by atoms with Gasteiger partial charge >= 0.3 is 0 Å². The zero-order chi connectivity index (χ0) is 8.43. The predicted molar refractivity (Wildman–Crippen MR) is 38.8 cm³/mol. The van der Waals surface area contributed by atoms with Crippen molar-refractivity contribution in [3.8, 4) is 0 Å². The van der Waals surface area contributed by atoms with Gasteiger partial charge in [0.25, 0.3) is 0 Å². The van der Waals surface area contributed by atoms with E-state index in [-0.39, 0.29) is 6.54 Å². The van der Waals surface area contributed by atoms with E-state index in [2.05, 4.69) is 0 Å². The summed E-state index contributed by atoms with van der Waals surface area (Å²) in [7, 11) is 0. The monoisotopic (exact) mass is 163 g/mol. The molecule has 1 saturated heterocycles. The molecule has 0 amide bonds. The van der Waals surface area contributed by atoms with Crippen molar-refractivity contribution in [1.82, 2.24) is 4.90 Å². The second-order valence-electron chi connectivity index (χ2n) is 2.99. The van der Waals surface area contributed by atoms with Gasteiger partial charge in [-0.05, 0) is 13.3 Å². The Balaban J connectivity index is 2.40. The van der Waals surface area contributed by atoms with Crippen LogP contribution >= 0.6 is 0 Å². The fourth-order valence-corrected chi connectivity index (χ4v) is 1.27. The molecule has 1 rings (SSSR count). The van der Waals surface area contributed by atoms with Crippen LogP contribution in [0.1, 0.15) is 13.3 Å². The molecule has 4 heteroatoms. The molecule has 0 saturated carbocycles. The van der Waals surface area contributed by atoms with Gasteiger partial charge in [0.1, 0.15) is 0 Å². The quantitative estimate of drug-likeness (QED) is 0.523. The molecule has 0 aromatic heterocycles. The maximum absolute atomic E-state index is 12.6. The van der Waals surface area contributed by atoms with Crippen LogP contribution in [0.15, 0.2) is 0 Å². The number of aliphatic hydroxyl groups is 2.